The molecule has 0 heterocycles. The third-order valence-corrected chi connectivity index (χ3v) is 7.05. The van der Waals surface area contributed by atoms with E-state index in [1.807, 2.05) is 20.8 Å². The molecule has 0 saturated carbocycles. The maximum absolute atomic E-state index is 6.47. The van der Waals surface area contributed by atoms with Crippen molar-refractivity contribution in [2.75, 3.05) is 19.8 Å². The Kier molecular flexibility index (Phi) is 14.0. The number of hydrogen-bond acceptors (Lipinski definition) is 5. The maximum Gasteiger partial charge on any atom is 0.0674 e. The van der Waals surface area contributed by atoms with Crippen molar-refractivity contribution >= 4 is 22.6 Å². The van der Waals surface area contributed by atoms with Crippen molar-refractivity contribution in [3.05, 3.63) is 0 Å². The molecule has 5 nitrogen and oxygen atoms in total. The summed E-state index contributed by atoms with van der Waals surface area (Å²) in [5, 5.41) is 0. The van der Waals surface area contributed by atoms with Gasteiger partial charge in [-0.25, -0.2) is 0 Å². The van der Waals surface area contributed by atoms with Gasteiger partial charge >= 0.3 is 0 Å². The van der Waals surface area contributed by atoms with Crippen LogP contribution in [0.3, 0.4) is 0 Å². The van der Waals surface area contributed by atoms with Gasteiger partial charge in [0.2, 0.25) is 0 Å². The molecule has 3 unspecified atom stereocenters. The number of nitrogens with two attached hydrogens (primary N) is 2. The fourth-order valence-corrected chi connectivity index (χ4v) is 4.68. The molecule has 0 amide bonds. The summed E-state index contributed by atoms with van der Waals surface area (Å²) >= 11 is 2.28. The van der Waals surface area contributed by atoms with Crippen LogP contribution in [-0.4, -0.2) is 46.2 Å². The summed E-state index contributed by atoms with van der Waals surface area (Å²) in [6, 6.07) is 0. The Morgan fingerprint density at radius 1 is 0.758 bits per heavy atom. The van der Waals surface area contributed by atoms with Gasteiger partial charge in [0, 0.05) is 30.8 Å². The lowest BCUT2D eigenvalue weighted by Gasteiger charge is -2.47. The van der Waals surface area contributed by atoms with Crippen LogP contribution in [0.1, 0.15) is 115 Å². The van der Waals surface area contributed by atoms with Gasteiger partial charge in [-0.3, -0.25) is 0 Å². The van der Waals surface area contributed by atoms with Crippen molar-refractivity contribution in [3.63, 3.8) is 0 Å². The normalized spacial score (nSPS) is 18.3. The van der Waals surface area contributed by atoms with Crippen molar-refractivity contribution in [2.24, 2.45) is 22.8 Å². The van der Waals surface area contributed by atoms with E-state index in [1.54, 1.807) is 0 Å². The highest BCUT2D eigenvalue weighted by Gasteiger charge is 2.44. The van der Waals surface area contributed by atoms with Gasteiger partial charge in [-0.15, -0.1) is 0 Å². The van der Waals surface area contributed by atoms with E-state index in [2.05, 4.69) is 78.0 Å². The summed E-state index contributed by atoms with van der Waals surface area (Å²) < 4.78 is 19.0. The Hall–Kier alpha value is 0.530. The minimum absolute atomic E-state index is 0.0709. The molecule has 200 valence electrons. The molecule has 0 bridgehead atoms. The smallest absolute Gasteiger partial charge is 0.0674 e. The van der Waals surface area contributed by atoms with Gasteiger partial charge in [0.25, 0.3) is 0 Å². The molecule has 0 aromatic heterocycles. The quantitative estimate of drug-likeness (QED) is 0.105. The molecule has 33 heavy (non-hydrogen) atoms. The van der Waals surface area contributed by atoms with Crippen LogP contribution in [-0.2, 0) is 14.2 Å². The molecule has 0 aliphatic heterocycles. The Labute approximate surface area is 220 Å². The zero-order valence-electron chi connectivity index (χ0n) is 23.8. The zero-order valence-corrected chi connectivity index (χ0v) is 25.9. The predicted octanol–water partition coefficient (Wildman–Crippen LogP) is 6.83. The highest BCUT2D eigenvalue weighted by molar-refractivity contribution is 14.1. The lowest BCUT2D eigenvalue weighted by atomic mass is 9.66. The highest BCUT2D eigenvalue weighted by Crippen LogP contribution is 2.45. The van der Waals surface area contributed by atoms with Crippen LogP contribution in [0.25, 0.3) is 0 Å². The third kappa shape index (κ3) is 16.0. The van der Waals surface area contributed by atoms with Gasteiger partial charge in [0.15, 0.2) is 0 Å². The molecule has 0 fully saturated rings. The maximum atomic E-state index is 6.47. The first-order valence-corrected chi connectivity index (χ1v) is 14.0. The van der Waals surface area contributed by atoms with Crippen LogP contribution < -0.4 is 11.5 Å². The Bertz CT molecular complexity index is 502. The first-order chi connectivity index (χ1) is 14.7. The third-order valence-electron chi connectivity index (χ3n) is 6.51. The second-order valence-corrected chi connectivity index (χ2v) is 15.2. The van der Waals surface area contributed by atoms with Crippen LogP contribution in [0.4, 0.5) is 0 Å². The summed E-state index contributed by atoms with van der Waals surface area (Å²) in [6.45, 7) is 26.0. The predicted molar refractivity (Wildman–Crippen MR) is 151 cm³/mol. The number of ether oxygens (including phenoxy) is 3. The van der Waals surface area contributed by atoms with E-state index in [-0.39, 0.29) is 31.8 Å². The topological polar surface area (TPSA) is 79.7 Å². The van der Waals surface area contributed by atoms with Crippen molar-refractivity contribution < 1.29 is 14.2 Å². The van der Waals surface area contributed by atoms with E-state index in [0.717, 1.165) is 45.1 Å². The molecular formula is C27H57IN2O3. The van der Waals surface area contributed by atoms with Crippen molar-refractivity contribution in [2.45, 2.75) is 141 Å². The van der Waals surface area contributed by atoms with E-state index in [0.29, 0.717) is 19.1 Å². The average Bonchev–Trinajstić information content (AvgIpc) is 2.57. The molecule has 0 saturated heterocycles. The highest BCUT2D eigenvalue weighted by atomic mass is 127. The average molecular weight is 585 g/mol. The number of alkyl halides is 1. The lowest BCUT2D eigenvalue weighted by Crippen LogP contribution is -2.47. The molecule has 0 radical (unpaired) electrons. The number of halogens is 1. The summed E-state index contributed by atoms with van der Waals surface area (Å²) in [5.41, 5.74) is 11.5. The van der Waals surface area contributed by atoms with Gasteiger partial charge < -0.3 is 25.7 Å². The van der Waals surface area contributed by atoms with E-state index >= 15 is 0 Å². The second kappa shape index (κ2) is 13.7. The van der Waals surface area contributed by atoms with Gasteiger partial charge in [-0.05, 0) is 99.8 Å². The van der Waals surface area contributed by atoms with E-state index in [9.17, 15) is 0 Å². The Morgan fingerprint density at radius 3 is 1.58 bits per heavy atom. The molecule has 0 aromatic carbocycles. The fourth-order valence-electron chi connectivity index (χ4n) is 4.46. The van der Waals surface area contributed by atoms with Gasteiger partial charge in [0.05, 0.1) is 20.9 Å². The first kappa shape index (κ1) is 33.5. The molecule has 0 aliphatic rings. The van der Waals surface area contributed by atoms with Gasteiger partial charge in [-0.1, -0.05) is 43.4 Å². The Balaban J connectivity index is 5.57. The summed E-state index contributed by atoms with van der Waals surface area (Å²) in [7, 11) is 0. The van der Waals surface area contributed by atoms with Crippen LogP contribution in [0.15, 0.2) is 0 Å². The fraction of sp³-hybridized carbons (Fsp3) is 1.00. The minimum Gasteiger partial charge on any atom is -0.378 e. The zero-order chi connectivity index (χ0) is 26.1. The standard InChI is InChI=1S/C27H57IN2O3/c1-12-27(22(4)31-16-13-21(2)3,19-24(7,8)32-17-14-23(5,6)29)20-25(9,10)33-18-15-26(11,28)30/h21-22H,12-20,29-30H2,1-11H3. The summed E-state index contributed by atoms with van der Waals surface area (Å²) in [6.07, 6.45) is 5.62. The number of rotatable bonds is 18. The van der Waals surface area contributed by atoms with Crippen LogP contribution in [0.5, 0.6) is 0 Å². The van der Waals surface area contributed by atoms with Crippen molar-refractivity contribution in [1.82, 2.24) is 0 Å². The van der Waals surface area contributed by atoms with E-state index in [1.165, 1.54) is 0 Å². The lowest BCUT2D eigenvalue weighted by molar-refractivity contribution is -0.137. The number of hydrogen-bond donors (Lipinski definition) is 2. The molecule has 0 aliphatic carbocycles. The van der Waals surface area contributed by atoms with Gasteiger partial charge in [0.1, 0.15) is 0 Å². The minimum atomic E-state index is -0.289. The van der Waals surface area contributed by atoms with Crippen LogP contribution >= 0.6 is 22.6 Å². The SMILES string of the molecule is CCC(CC(C)(C)OCCC(C)(C)N)(CC(C)(C)OCCC(C)(N)I)C(C)OCCC(C)C. The second-order valence-electron chi connectivity index (χ2n) is 12.7. The summed E-state index contributed by atoms with van der Waals surface area (Å²) in [4.78, 5) is 0. The molecule has 0 spiro atoms. The van der Waals surface area contributed by atoms with Crippen molar-refractivity contribution in [1.29, 1.82) is 0 Å². The monoisotopic (exact) mass is 584 g/mol. The Morgan fingerprint density at radius 2 is 1.21 bits per heavy atom. The molecule has 0 rings (SSSR count). The van der Waals surface area contributed by atoms with Crippen LogP contribution in [0.2, 0.25) is 0 Å². The van der Waals surface area contributed by atoms with Gasteiger partial charge in [-0.2, -0.15) is 0 Å². The molecular weight excluding hydrogens is 527 g/mol. The largest absolute Gasteiger partial charge is 0.378 e. The first-order valence-electron chi connectivity index (χ1n) is 12.9. The molecule has 6 heteroatoms. The van der Waals surface area contributed by atoms with E-state index in [4.69, 9.17) is 25.7 Å². The molecule has 0 aromatic rings. The van der Waals surface area contributed by atoms with Crippen molar-refractivity contribution in [3.8, 4) is 0 Å². The molecule has 3 atom stereocenters. The van der Waals surface area contributed by atoms with E-state index < -0.39 is 0 Å². The van der Waals surface area contributed by atoms with Crippen LogP contribution in [0, 0.1) is 11.3 Å². The summed E-state index contributed by atoms with van der Waals surface area (Å²) in [5.74, 6) is 0.631. The molecule has 4 N–H and O–H groups in total.